The lowest BCUT2D eigenvalue weighted by atomic mass is 9.93. The van der Waals surface area contributed by atoms with Crippen molar-refractivity contribution < 1.29 is 9.59 Å². The van der Waals surface area contributed by atoms with Crippen LogP contribution in [0, 0.1) is 12.8 Å². The number of aromatic nitrogens is 2. The number of amides is 3. The third-order valence-electron chi connectivity index (χ3n) is 5.55. The molecule has 0 saturated carbocycles. The maximum absolute atomic E-state index is 13.1. The van der Waals surface area contributed by atoms with E-state index in [1.54, 1.807) is 23.6 Å². The first-order valence-corrected chi connectivity index (χ1v) is 8.90. The van der Waals surface area contributed by atoms with Gasteiger partial charge in [0.25, 0.3) is 11.5 Å². The van der Waals surface area contributed by atoms with Gasteiger partial charge in [0, 0.05) is 13.6 Å². The van der Waals surface area contributed by atoms with E-state index < -0.39 is 6.04 Å². The van der Waals surface area contributed by atoms with Gasteiger partial charge >= 0.3 is 6.03 Å². The minimum atomic E-state index is -0.449. The normalized spacial score (nSPS) is 22.9. The van der Waals surface area contributed by atoms with Gasteiger partial charge in [-0.15, -0.1) is 0 Å². The second-order valence-corrected chi connectivity index (χ2v) is 7.21. The Kier molecular flexibility index (Phi) is 3.75. The molecule has 7 nitrogen and oxygen atoms in total. The van der Waals surface area contributed by atoms with E-state index in [0.717, 1.165) is 11.3 Å². The molecule has 2 aliphatic rings. The van der Waals surface area contributed by atoms with E-state index in [1.165, 1.54) is 4.68 Å². The van der Waals surface area contributed by atoms with Crippen molar-refractivity contribution >= 4 is 17.6 Å². The molecule has 4 rings (SSSR count). The number of hydrogen-bond acceptors (Lipinski definition) is 3. The van der Waals surface area contributed by atoms with Crippen molar-refractivity contribution in [2.75, 3.05) is 11.4 Å². The van der Waals surface area contributed by atoms with E-state index in [-0.39, 0.29) is 23.2 Å². The van der Waals surface area contributed by atoms with Gasteiger partial charge in [0.2, 0.25) is 0 Å². The topological polar surface area (TPSA) is 67.6 Å². The fraction of sp³-hybridized carbons (Fsp3) is 0.421. The largest absolute Gasteiger partial charge is 0.332 e. The molecular weight excluding hydrogens is 332 g/mol. The Morgan fingerprint density at radius 2 is 1.77 bits per heavy atom. The summed E-state index contributed by atoms with van der Waals surface area (Å²) in [5.74, 6) is 0.110. The quantitative estimate of drug-likeness (QED) is 0.775. The van der Waals surface area contributed by atoms with Crippen LogP contribution in [-0.2, 0) is 11.8 Å². The molecule has 0 bridgehead atoms. The fourth-order valence-corrected chi connectivity index (χ4v) is 3.99. The first-order valence-electron chi connectivity index (χ1n) is 8.90. The number of anilines is 1. The van der Waals surface area contributed by atoms with Crippen LogP contribution in [0.25, 0.3) is 5.69 Å². The van der Waals surface area contributed by atoms with Crippen LogP contribution < -0.4 is 10.5 Å². The summed E-state index contributed by atoms with van der Waals surface area (Å²) in [6.07, 6.45) is 1.53. The lowest BCUT2D eigenvalue weighted by molar-refractivity contribution is -0.120. The zero-order valence-electron chi connectivity index (χ0n) is 15.2. The lowest BCUT2D eigenvalue weighted by Gasteiger charge is -2.30. The summed E-state index contributed by atoms with van der Waals surface area (Å²) in [4.78, 5) is 41.7. The third-order valence-corrected chi connectivity index (χ3v) is 5.55. The Morgan fingerprint density at radius 3 is 2.46 bits per heavy atom. The molecule has 0 unspecified atom stereocenters. The number of carbonyl (C=O) groups is 2. The van der Waals surface area contributed by atoms with Crippen LogP contribution in [0.2, 0.25) is 0 Å². The molecule has 7 heteroatoms. The molecule has 26 heavy (non-hydrogen) atoms. The van der Waals surface area contributed by atoms with Gasteiger partial charge in [-0.2, -0.15) is 0 Å². The molecule has 3 amide bonds. The highest BCUT2D eigenvalue weighted by atomic mass is 16.2. The summed E-state index contributed by atoms with van der Waals surface area (Å²) in [7, 11) is 1.76. The molecule has 2 saturated heterocycles. The SMILES string of the molecule is Cc1c(N2C(=O)[C@@H]3C[C@@H](C)CCN3C2=O)c(=O)n(-c2ccccc2)n1C. The number of urea groups is 1. The highest BCUT2D eigenvalue weighted by Crippen LogP contribution is 2.33. The number of fused-ring (bicyclic) bond motifs is 1. The molecule has 1 aromatic heterocycles. The lowest BCUT2D eigenvalue weighted by Crippen LogP contribution is -2.41. The van der Waals surface area contributed by atoms with Crippen molar-refractivity contribution in [3.8, 4) is 5.69 Å². The van der Waals surface area contributed by atoms with Gasteiger partial charge in [-0.25, -0.2) is 14.4 Å². The number of piperidine rings is 1. The summed E-state index contributed by atoms with van der Waals surface area (Å²) in [5.41, 5.74) is 1.09. The average Bonchev–Trinajstić information content (AvgIpc) is 2.99. The van der Waals surface area contributed by atoms with Crippen molar-refractivity contribution in [1.82, 2.24) is 14.3 Å². The minimum absolute atomic E-state index is 0.161. The first-order chi connectivity index (χ1) is 12.4. The highest BCUT2D eigenvalue weighted by Gasteiger charge is 2.49. The summed E-state index contributed by atoms with van der Waals surface area (Å²) in [6, 6.07) is 8.38. The van der Waals surface area contributed by atoms with E-state index in [4.69, 9.17) is 0 Å². The summed E-state index contributed by atoms with van der Waals surface area (Å²) in [6.45, 7) is 4.41. The van der Waals surface area contributed by atoms with Crippen molar-refractivity contribution in [2.24, 2.45) is 13.0 Å². The second kappa shape index (κ2) is 5.86. The highest BCUT2D eigenvalue weighted by molar-refractivity contribution is 6.21. The monoisotopic (exact) mass is 354 g/mol. The molecular formula is C19H22N4O3. The zero-order valence-corrected chi connectivity index (χ0v) is 15.2. The van der Waals surface area contributed by atoms with Gasteiger partial charge in [-0.05, 0) is 37.8 Å². The third kappa shape index (κ3) is 2.23. The van der Waals surface area contributed by atoms with Crippen LogP contribution in [0.3, 0.4) is 0 Å². The Labute approximate surface area is 151 Å². The number of rotatable bonds is 2. The van der Waals surface area contributed by atoms with Crippen LogP contribution >= 0.6 is 0 Å². The van der Waals surface area contributed by atoms with Gasteiger partial charge in [0.15, 0.2) is 0 Å². The molecule has 0 N–H and O–H groups in total. The number of benzene rings is 1. The van der Waals surface area contributed by atoms with Gasteiger partial charge in [-0.3, -0.25) is 14.3 Å². The van der Waals surface area contributed by atoms with Crippen molar-refractivity contribution in [3.05, 3.63) is 46.4 Å². The molecule has 2 aliphatic heterocycles. The molecule has 0 radical (unpaired) electrons. The summed E-state index contributed by atoms with van der Waals surface area (Å²) < 4.78 is 3.18. The maximum Gasteiger partial charge on any atom is 0.332 e. The van der Waals surface area contributed by atoms with Crippen LogP contribution in [0.15, 0.2) is 35.1 Å². The van der Waals surface area contributed by atoms with Crippen molar-refractivity contribution in [2.45, 2.75) is 32.7 Å². The molecule has 0 spiro atoms. The van der Waals surface area contributed by atoms with Crippen molar-refractivity contribution in [1.29, 1.82) is 0 Å². The van der Waals surface area contributed by atoms with Crippen LogP contribution in [0.1, 0.15) is 25.5 Å². The molecule has 2 aromatic rings. The van der Waals surface area contributed by atoms with Crippen LogP contribution in [-0.4, -0.2) is 38.8 Å². The molecule has 0 aliphatic carbocycles. The second-order valence-electron chi connectivity index (χ2n) is 7.21. The summed E-state index contributed by atoms with van der Waals surface area (Å²) >= 11 is 0. The molecule has 2 atom stereocenters. The number of hydrogen-bond donors (Lipinski definition) is 0. The molecule has 3 heterocycles. The summed E-state index contributed by atoms with van der Waals surface area (Å²) in [5, 5.41) is 0. The number of imide groups is 1. The molecule has 1 aromatic carbocycles. The number of nitrogens with zero attached hydrogens (tertiary/aromatic N) is 4. The van der Waals surface area contributed by atoms with Gasteiger partial charge in [0.05, 0.1) is 11.4 Å². The molecule has 136 valence electrons. The number of para-hydroxylation sites is 1. The Hall–Kier alpha value is -2.83. The van der Waals surface area contributed by atoms with Crippen LogP contribution in [0.5, 0.6) is 0 Å². The van der Waals surface area contributed by atoms with E-state index in [0.29, 0.717) is 30.3 Å². The van der Waals surface area contributed by atoms with E-state index >= 15 is 0 Å². The van der Waals surface area contributed by atoms with Gasteiger partial charge < -0.3 is 4.90 Å². The predicted octanol–water partition coefficient (Wildman–Crippen LogP) is 2.05. The van der Waals surface area contributed by atoms with Crippen molar-refractivity contribution in [3.63, 3.8) is 0 Å². The maximum atomic E-state index is 13.1. The minimum Gasteiger partial charge on any atom is -0.312 e. The Morgan fingerprint density at radius 1 is 1.08 bits per heavy atom. The number of carbonyl (C=O) groups excluding carboxylic acids is 2. The Balaban J connectivity index is 1.83. The van der Waals surface area contributed by atoms with E-state index in [2.05, 4.69) is 6.92 Å². The standard InChI is InChI=1S/C19H22N4O3/c1-12-9-10-21-15(11-12)17(24)22(19(21)26)16-13(2)20(3)23(18(16)25)14-7-5-4-6-8-14/h4-8,12,15H,9-11H2,1-3H3/t12-,15-/m0/s1. The van der Waals surface area contributed by atoms with E-state index in [9.17, 15) is 14.4 Å². The zero-order chi connectivity index (χ0) is 18.6. The van der Waals surface area contributed by atoms with Crippen LogP contribution in [0.4, 0.5) is 10.5 Å². The Bertz CT molecular complexity index is 944. The first kappa shape index (κ1) is 16.6. The van der Waals surface area contributed by atoms with Gasteiger partial charge in [0.1, 0.15) is 11.7 Å². The molecule has 2 fully saturated rings. The smallest absolute Gasteiger partial charge is 0.312 e. The fourth-order valence-electron chi connectivity index (χ4n) is 3.99. The van der Waals surface area contributed by atoms with E-state index in [1.807, 2.05) is 30.3 Å². The average molecular weight is 354 g/mol. The van der Waals surface area contributed by atoms with Gasteiger partial charge in [-0.1, -0.05) is 25.1 Å². The predicted molar refractivity (Wildman–Crippen MR) is 97.5 cm³/mol.